The molecule has 41 heavy (non-hydrogen) atoms. The smallest absolute Gasteiger partial charge is 0.349 e. The molecule has 2 aromatic carbocycles. The number of nitrogens with one attached hydrogen (secondary N) is 1. The minimum Gasteiger partial charge on any atom is -0.349 e. The Hall–Kier alpha value is -2.82. The number of halogens is 7. The van der Waals surface area contributed by atoms with E-state index in [0.717, 1.165) is 34.1 Å². The van der Waals surface area contributed by atoms with Crippen molar-refractivity contribution in [2.24, 2.45) is 0 Å². The Labute approximate surface area is 244 Å². The number of hydrogen-bond donors (Lipinski definition) is 1. The molecule has 2 aromatic rings. The fourth-order valence-electron chi connectivity index (χ4n) is 4.93. The third kappa shape index (κ3) is 9.08. The molecule has 1 aliphatic rings. The number of piperidine rings is 1. The summed E-state index contributed by atoms with van der Waals surface area (Å²) in [6.07, 6.45) is -5.93. The second kappa shape index (κ2) is 13.4. The molecule has 1 N–H and O–H groups in total. The molecule has 0 aliphatic carbocycles. The van der Waals surface area contributed by atoms with Gasteiger partial charge in [0, 0.05) is 23.6 Å². The summed E-state index contributed by atoms with van der Waals surface area (Å²) in [5.74, 6) is -3.22. The van der Waals surface area contributed by atoms with Crippen LogP contribution in [0.25, 0.3) is 6.08 Å². The molecule has 4 nitrogen and oxygen atoms in total. The first-order chi connectivity index (χ1) is 19.1. The highest BCUT2D eigenvalue weighted by Gasteiger charge is 2.39. The molecule has 1 fully saturated rings. The zero-order chi connectivity index (χ0) is 30.5. The van der Waals surface area contributed by atoms with E-state index in [1.54, 1.807) is 24.3 Å². The van der Waals surface area contributed by atoms with Crippen molar-refractivity contribution in [1.82, 2.24) is 10.2 Å². The summed E-state index contributed by atoms with van der Waals surface area (Å²) in [5, 5.41) is 2.82. The summed E-state index contributed by atoms with van der Waals surface area (Å²) in [6.45, 7) is 5.92. The summed E-state index contributed by atoms with van der Waals surface area (Å²) >= 11 is 3.33. The highest BCUT2D eigenvalue weighted by Crippen LogP contribution is 2.38. The van der Waals surface area contributed by atoms with Crippen molar-refractivity contribution in [2.75, 3.05) is 13.1 Å². The number of amides is 2. The van der Waals surface area contributed by atoms with Crippen LogP contribution in [0.2, 0.25) is 0 Å². The van der Waals surface area contributed by atoms with Crippen molar-refractivity contribution >= 4 is 33.8 Å². The van der Waals surface area contributed by atoms with Gasteiger partial charge in [0.2, 0.25) is 5.91 Å². The highest BCUT2D eigenvalue weighted by molar-refractivity contribution is 9.10. The van der Waals surface area contributed by atoms with Crippen LogP contribution in [0, 0.1) is 13.8 Å². The van der Waals surface area contributed by atoms with Gasteiger partial charge in [-0.1, -0.05) is 43.7 Å². The monoisotopic (exact) mass is 646 g/mol. The maximum Gasteiger partial charge on any atom is 0.399 e. The highest BCUT2D eigenvalue weighted by atomic mass is 79.9. The van der Waals surface area contributed by atoms with Crippen molar-refractivity contribution < 1.29 is 35.9 Å². The van der Waals surface area contributed by atoms with Gasteiger partial charge in [0.25, 0.3) is 5.91 Å². The number of alkyl halides is 6. The van der Waals surface area contributed by atoms with Gasteiger partial charge in [-0.05, 0) is 89.0 Å². The molecule has 2 amide bonds. The summed E-state index contributed by atoms with van der Waals surface area (Å²) < 4.78 is 80.1. The number of likely N-dealkylation sites (tertiary alicyclic amines) is 1. The second-order valence-corrected chi connectivity index (χ2v) is 11.3. The van der Waals surface area contributed by atoms with Crippen LogP contribution in [-0.2, 0) is 11.2 Å². The van der Waals surface area contributed by atoms with Crippen LogP contribution in [-0.4, -0.2) is 48.2 Å². The van der Waals surface area contributed by atoms with E-state index in [2.05, 4.69) is 21.2 Å². The van der Waals surface area contributed by atoms with Gasteiger partial charge >= 0.3 is 12.4 Å². The average Bonchev–Trinajstić information content (AvgIpc) is 2.85. The van der Waals surface area contributed by atoms with E-state index in [1.807, 2.05) is 20.8 Å². The Morgan fingerprint density at radius 1 is 1.07 bits per heavy atom. The zero-order valence-corrected chi connectivity index (χ0v) is 24.6. The van der Waals surface area contributed by atoms with Crippen LogP contribution >= 0.6 is 15.9 Å². The van der Waals surface area contributed by atoms with Crippen LogP contribution in [0.5, 0.6) is 0 Å². The maximum absolute atomic E-state index is 14.1. The molecule has 1 aliphatic heterocycles. The molecule has 224 valence electrons. The van der Waals surface area contributed by atoms with E-state index in [4.69, 9.17) is 0 Å². The van der Waals surface area contributed by atoms with Gasteiger partial charge in [-0.3, -0.25) is 9.59 Å². The average molecular weight is 647 g/mol. The molecule has 1 saturated heterocycles. The van der Waals surface area contributed by atoms with Crippen molar-refractivity contribution in [3.63, 3.8) is 0 Å². The first-order valence-electron chi connectivity index (χ1n) is 13.4. The van der Waals surface area contributed by atoms with Crippen LogP contribution in [0.1, 0.15) is 76.7 Å². The molecule has 1 unspecified atom stereocenters. The molecule has 3 rings (SSSR count). The van der Waals surface area contributed by atoms with Gasteiger partial charge in [-0.2, -0.15) is 26.3 Å². The molecule has 0 radical (unpaired) electrons. The Kier molecular flexibility index (Phi) is 10.7. The SMILES string of the molecule is CCCc1cc(C(/C=C/c2ccc(C(=O)NC3CCN(C(=O)CC(F)(F)F)CC3)c(Br)c2)C(F)(F)F)cc(C)c1C. The number of allylic oxidation sites excluding steroid dienone is 1. The quantitative estimate of drug-likeness (QED) is 0.295. The van der Waals surface area contributed by atoms with Gasteiger partial charge < -0.3 is 10.2 Å². The molecule has 1 atom stereocenters. The van der Waals surface area contributed by atoms with Gasteiger partial charge in [-0.15, -0.1) is 0 Å². The Balaban J connectivity index is 1.69. The molecule has 11 heteroatoms. The summed E-state index contributed by atoms with van der Waals surface area (Å²) in [5.41, 5.74) is 3.63. The summed E-state index contributed by atoms with van der Waals surface area (Å²) in [4.78, 5) is 25.8. The minimum absolute atomic E-state index is 0.103. The number of carbonyl (C=O) groups excluding carboxylic acids is 2. The Morgan fingerprint density at radius 2 is 1.73 bits per heavy atom. The van der Waals surface area contributed by atoms with Gasteiger partial charge in [0.05, 0.1) is 11.5 Å². The molecular formula is C30H33BrF6N2O2. The van der Waals surface area contributed by atoms with Crippen molar-refractivity contribution in [3.8, 4) is 0 Å². The predicted molar refractivity (Wildman–Crippen MR) is 150 cm³/mol. The van der Waals surface area contributed by atoms with E-state index in [0.29, 0.717) is 29.3 Å². The van der Waals surface area contributed by atoms with Crippen LogP contribution in [0.3, 0.4) is 0 Å². The predicted octanol–water partition coefficient (Wildman–Crippen LogP) is 8.05. The van der Waals surface area contributed by atoms with Crippen molar-refractivity contribution in [3.05, 3.63) is 74.3 Å². The van der Waals surface area contributed by atoms with E-state index < -0.39 is 36.5 Å². The van der Waals surface area contributed by atoms with E-state index >= 15 is 0 Å². The first-order valence-corrected chi connectivity index (χ1v) is 14.2. The molecular weight excluding hydrogens is 614 g/mol. The molecule has 0 bridgehead atoms. The fourth-order valence-corrected chi connectivity index (χ4v) is 5.50. The number of aryl methyl sites for hydroxylation is 2. The third-order valence-corrected chi connectivity index (χ3v) is 7.94. The maximum atomic E-state index is 14.1. The lowest BCUT2D eigenvalue weighted by molar-refractivity contribution is -0.162. The topological polar surface area (TPSA) is 49.4 Å². The molecule has 1 heterocycles. The Bertz CT molecular complexity index is 1280. The lowest BCUT2D eigenvalue weighted by Gasteiger charge is -2.32. The zero-order valence-electron chi connectivity index (χ0n) is 23.1. The summed E-state index contributed by atoms with van der Waals surface area (Å²) in [6, 6.07) is 7.49. The van der Waals surface area contributed by atoms with E-state index in [9.17, 15) is 35.9 Å². The van der Waals surface area contributed by atoms with E-state index in [-0.39, 0.29) is 30.3 Å². The van der Waals surface area contributed by atoms with Crippen molar-refractivity contribution in [2.45, 2.75) is 77.2 Å². The third-order valence-electron chi connectivity index (χ3n) is 7.28. The minimum atomic E-state index is -4.57. The second-order valence-electron chi connectivity index (χ2n) is 10.4. The summed E-state index contributed by atoms with van der Waals surface area (Å²) in [7, 11) is 0. The fraction of sp³-hybridized carbons (Fsp3) is 0.467. The van der Waals surface area contributed by atoms with Gasteiger partial charge in [-0.25, -0.2) is 0 Å². The van der Waals surface area contributed by atoms with E-state index in [1.165, 1.54) is 12.1 Å². The molecule has 0 spiro atoms. The van der Waals surface area contributed by atoms with Crippen molar-refractivity contribution in [1.29, 1.82) is 0 Å². The normalized spacial score (nSPS) is 15.8. The van der Waals surface area contributed by atoms with Gasteiger partial charge in [0.15, 0.2) is 0 Å². The Morgan fingerprint density at radius 3 is 2.29 bits per heavy atom. The molecule has 0 saturated carbocycles. The lowest BCUT2D eigenvalue weighted by Crippen LogP contribution is -2.47. The van der Waals surface area contributed by atoms with Gasteiger partial charge in [0.1, 0.15) is 6.42 Å². The van der Waals surface area contributed by atoms with Crippen LogP contribution < -0.4 is 5.32 Å². The number of nitrogens with zero attached hydrogens (tertiary/aromatic N) is 1. The number of benzene rings is 2. The lowest BCUT2D eigenvalue weighted by atomic mass is 9.89. The standard InChI is InChI=1S/C30H33BrF6N2O2/c1-4-5-21-16-22(14-18(2)19(21)3)25(30(35,36)37)9-7-20-6-8-24(26(31)15-20)28(41)38-23-10-12-39(13-11-23)27(40)17-29(32,33)34/h6-9,14-16,23,25H,4-5,10-13,17H2,1-3H3,(H,38,41)/b9-7+. The van der Waals surface area contributed by atoms with Crippen LogP contribution in [0.4, 0.5) is 26.3 Å². The number of carbonyl (C=O) groups is 2. The number of hydrogen-bond acceptors (Lipinski definition) is 2. The molecule has 0 aromatic heterocycles. The van der Waals surface area contributed by atoms with Crippen LogP contribution in [0.15, 0.2) is 40.9 Å². The largest absolute Gasteiger partial charge is 0.399 e. The number of rotatable bonds is 8. The first kappa shape index (κ1) is 32.7.